The van der Waals surface area contributed by atoms with Gasteiger partial charge in [-0.05, 0) is 45.0 Å². The molecule has 2 nitrogen and oxygen atoms in total. The SMILES string of the molecule is CCO[Si](C)(C)CCc1ccccc1C(C)=O. The lowest BCUT2D eigenvalue weighted by molar-refractivity contribution is 0.101. The smallest absolute Gasteiger partial charge is 0.187 e. The van der Waals surface area contributed by atoms with Gasteiger partial charge in [-0.1, -0.05) is 24.3 Å². The number of hydrogen-bond acceptors (Lipinski definition) is 2. The molecule has 0 saturated carbocycles. The van der Waals surface area contributed by atoms with Crippen molar-refractivity contribution in [2.45, 2.75) is 39.4 Å². The predicted molar refractivity (Wildman–Crippen MR) is 74.1 cm³/mol. The van der Waals surface area contributed by atoms with Crippen LogP contribution in [0.5, 0.6) is 0 Å². The number of carbonyl (C=O) groups excluding carboxylic acids is 1. The molecule has 0 atom stereocenters. The van der Waals surface area contributed by atoms with Crippen molar-refractivity contribution in [2.24, 2.45) is 0 Å². The molecule has 0 amide bonds. The Hall–Kier alpha value is -0.933. The summed E-state index contributed by atoms with van der Waals surface area (Å²) >= 11 is 0. The third-order valence-corrected chi connectivity index (χ3v) is 5.45. The van der Waals surface area contributed by atoms with E-state index in [9.17, 15) is 4.79 Å². The van der Waals surface area contributed by atoms with Gasteiger partial charge in [-0.25, -0.2) is 0 Å². The van der Waals surface area contributed by atoms with Crippen LogP contribution in [0.25, 0.3) is 0 Å². The van der Waals surface area contributed by atoms with Gasteiger partial charge >= 0.3 is 0 Å². The fourth-order valence-corrected chi connectivity index (χ4v) is 3.78. The predicted octanol–water partition coefficient (Wildman–Crippen LogP) is 3.67. The average Bonchev–Trinajstić information content (AvgIpc) is 2.27. The molecule has 1 aromatic rings. The number of hydrogen-bond donors (Lipinski definition) is 0. The summed E-state index contributed by atoms with van der Waals surface area (Å²) in [7, 11) is -1.56. The van der Waals surface area contributed by atoms with E-state index in [0.717, 1.165) is 30.2 Å². The fourth-order valence-electron chi connectivity index (χ4n) is 1.98. The molecule has 0 aliphatic heterocycles. The Morgan fingerprint density at radius 2 is 1.94 bits per heavy atom. The van der Waals surface area contributed by atoms with Gasteiger partial charge < -0.3 is 4.43 Å². The highest BCUT2D eigenvalue weighted by Gasteiger charge is 2.22. The second-order valence-electron chi connectivity index (χ2n) is 4.91. The molecular weight excluding hydrogens is 228 g/mol. The second kappa shape index (κ2) is 6.12. The topological polar surface area (TPSA) is 26.3 Å². The number of ketones is 1. The van der Waals surface area contributed by atoms with Gasteiger partial charge in [-0.2, -0.15) is 0 Å². The number of aryl methyl sites for hydroxylation is 1. The normalized spacial score (nSPS) is 11.5. The van der Waals surface area contributed by atoms with Crippen molar-refractivity contribution < 1.29 is 9.22 Å². The lowest BCUT2D eigenvalue weighted by Gasteiger charge is -2.22. The van der Waals surface area contributed by atoms with Crippen LogP contribution >= 0.6 is 0 Å². The molecule has 0 spiro atoms. The van der Waals surface area contributed by atoms with E-state index >= 15 is 0 Å². The Balaban J connectivity index is 2.72. The van der Waals surface area contributed by atoms with Crippen LogP contribution in [0.4, 0.5) is 0 Å². The summed E-state index contributed by atoms with van der Waals surface area (Å²) < 4.78 is 5.81. The van der Waals surface area contributed by atoms with Gasteiger partial charge in [0.2, 0.25) is 0 Å². The van der Waals surface area contributed by atoms with Crippen molar-refractivity contribution in [3.63, 3.8) is 0 Å². The molecule has 1 aromatic carbocycles. The molecule has 0 radical (unpaired) electrons. The fraction of sp³-hybridized carbons (Fsp3) is 0.500. The summed E-state index contributed by atoms with van der Waals surface area (Å²) in [6.07, 6.45) is 0.939. The molecule has 0 unspecified atom stereocenters. The summed E-state index contributed by atoms with van der Waals surface area (Å²) in [6, 6.07) is 8.94. The average molecular weight is 250 g/mol. The van der Waals surface area contributed by atoms with Crippen LogP contribution in [0, 0.1) is 0 Å². The molecule has 0 fully saturated rings. The Kier molecular flexibility index (Phi) is 5.09. The zero-order valence-electron chi connectivity index (χ0n) is 11.2. The Morgan fingerprint density at radius 3 is 2.53 bits per heavy atom. The molecule has 3 heteroatoms. The Bertz CT molecular complexity index is 386. The van der Waals surface area contributed by atoms with Crippen molar-refractivity contribution in [2.75, 3.05) is 6.61 Å². The minimum absolute atomic E-state index is 0.150. The maximum Gasteiger partial charge on any atom is 0.187 e. The number of carbonyl (C=O) groups is 1. The van der Waals surface area contributed by atoms with E-state index in [1.807, 2.05) is 31.2 Å². The molecule has 0 N–H and O–H groups in total. The van der Waals surface area contributed by atoms with E-state index in [0.29, 0.717) is 0 Å². The third kappa shape index (κ3) is 4.44. The third-order valence-electron chi connectivity index (χ3n) is 2.93. The van der Waals surface area contributed by atoms with E-state index in [4.69, 9.17) is 4.43 Å². The minimum atomic E-state index is -1.56. The van der Waals surface area contributed by atoms with Crippen LogP contribution in [0.1, 0.15) is 29.8 Å². The van der Waals surface area contributed by atoms with E-state index in [-0.39, 0.29) is 5.78 Å². The molecule has 0 aliphatic rings. The minimum Gasteiger partial charge on any atom is -0.418 e. The quantitative estimate of drug-likeness (QED) is 0.569. The summed E-state index contributed by atoms with van der Waals surface area (Å²) in [5.41, 5.74) is 2.01. The van der Waals surface area contributed by atoms with Gasteiger partial charge in [-0.3, -0.25) is 4.79 Å². The second-order valence-corrected chi connectivity index (χ2v) is 9.21. The van der Waals surface area contributed by atoms with Crippen LogP contribution < -0.4 is 0 Å². The standard InChI is InChI=1S/C14H22O2Si/c1-5-16-17(3,4)11-10-13-8-6-7-9-14(13)12(2)15/h6-9H,5,10-11H2,1-4H3. The summed E-state index contributed by atoms with van der Waals surface area (Å²) in [5, 5.41) is 0. The Labute approximate surface area is 105 Å². The molecule has 0 aromatic heterocycles. The summed E-state index contributed by atoms with van der Waals surface area (Å²) in [5.74, 6) is 0.150. The largest absolute Gasteiger partial charge is 0.418 e. The van der Waals surface area contributed by atoms with Crippen molar-refractivity contribution >= 4 is 14.1 Å². The van der Waals surface area contributed by atoms with Gasteiger partial charge in [0, 0.05) is 12.2 Å². The van der Waals surface area contributed by atoms with Crippen molar-refractivity contribution in [3.05, 3.63) is 35.4 Å². The molecule has 0 saturated heterocycles. The molecule has 94 valence electrons. The summed E-state index contributed by atoms with van der Waals surface area (Å²) in [6.45, 7) is 8.91. The van der Waals surface area contributed by atoms with Gasteiger partial charge in [-0.15, -0.1) is 0 Å². The molecular formula is C14H22O2Si. The van der Waals surface area contributed by atoms with Crippen molar-refractivity contribution in [1.82, 2.24) is 0 Å². The van der Waals surface area contributed by atoms with Gasteiger partial charge in [0.15, 0.2) is 14.1 Å². The number of benzene rings is 1. The van der Waals surface area contributed by atoms with Crippen molar-refractivity contribution in [3.8, 4) is 0 Å². The lowest BCUT2D eigenvalue weighted by atomic mass is 10.0. The van der Waals surface area contributed by atoms with Crippen molar-refractivity contribution in [1.29, 1.82) is 0 Å². The van der Waals surface area contributed by atoms with Crippen LogP contribution in [0.3, 0.4) is 0 Å². The highest BCUT2D eigenvalue weighted by molar-refractivity contribution is 6.71. The molecule has 0 bridgehead atoms. The van der Waals surface area contributed by atoms with Gasteiger partial charge in [0.05, 0.1) is 0 Å². The highest BCUT2D eigenvalue weighted by Crippen LogP contribution is 2.18. The Morgan fingerprint density at radius 1 is 1.29 bits per heavy atom. The van der Waals surface area contributed by atoms with Crippen LogP contribution in [-0.4, -0.2) is 20.7 Å². The maximum atomic E-state index is 11.5. The number of rotatable bonds is 6. The van der Waals surface area contributed by atoms with Crippen LogP contribution in [-0.2, 0) is 10.8 Å². The van der Waals surface area contributed by atoms with E-state index < -0.39 is 8.32 Å². The molecule has 17 heavy (non-hydrogen) atoms. The molecule has 1 rings (SSSR count). The highest BCUT2D eigenvalue weighted by atomic mass is 28.4. The van der Waals surface area contributed by atoms with Gasteiger partial charge in [0.25, 0.3) is 0 Å². The monoisotopic (exact) mass is 250 g/mol. The first-order chi connectivity index (χ1) is 7.96. The first kappa shape index (κ1) is 14.1. The van der Waals surface area contributed by atoms with Crippen LogP contribution in [0.2, 0.25) is 19.1 Å². The lowest BCUT2D eigenvalue weighted by Crippen LogP contribution is -2.30. The summed E-state index contributed by atoms with van der Waals surface area (Å²) in [4.78, 5) is 11.5. The zero-order chi connectivity index (χ0) is 12.9. The molecule has 0 aliphatic carbocycles. The van der Waals surface area contributed by atoms with E-state index in [1.165, 1.54) is 0 Å². The first-order valence-corrected chi connectivity index (χ1v) is 9.30. The van der Waals surface area contributed by atoms with E-state index in [2.05, 4.69) is 13.1 Å². The number of Topliss-reactive ketones (excluding diaryl/α,β-unsaturated/α-hetero) is 1. The maximum absolute atomic E-state index is 11.5. The van der Waals surface area contributed by atoms with E-state index in [1.54, 1.807) is 6.92 Å². The van der Waals surface area contributed by atoms with Gasteiger partial charge in [0.1, 0.15) is 0 Å². The first-order valence-electron chi connectivity index (χ1n) is 6.19. The zero-order valence-corrected chi connectivity index (χ0v) is 12.2. The molecule has 0 heterocycles. The van der Waals surface area contributed by atoms with Crippen LogP contribution in [0.15, 0.2) is 24.3 Å².